The van der Waals surface area contributed by atoms with E-state index in [1.807, 2.05) is 4.90 Å². The molecule has 1 aliphatic heterocycles. The van der Waals surface area contributed by atoms with Crippen LogP contribution in [0.3, 0.4) is 0 Å². The summed E-state index contributed by atoms with van der Waals surface area (Å²) in [5.74, 6) is 0.639. The van der Waals surface area contributed by atoms with E-state index >= 15 is 0 Å². The van der Waals surface area contributed by atoms with Crippen molar-refractivity contribution < 1.29 is 4.79 Å². The van der Waals surface area contributed by atoms with E-state index in [-0.39, 0.29) is 6.03 Å². The molecular weight excluding hydrogens is 214 g/mol. The Balaban J connectivity index is 1.79. The minimum atomic E-state index is 0.153. The first-order valence-corrected chi connectivity index (χ1v) is 7.05. The quantitative estimate of drug-likeness (QED) is 0.765. The van der Waals surface area contributed by atoms with Crippen molar-refractivity contribution in [2.45, 2.75) is 45.1 Å². The average Bonchev–Trinajstić information content (AvgIpc) is 3.14. The van der Waals surface area contributed by atoms with Crippen LogP contribution in [0.15, 0.2) is 0 Å². The Labute approximate surface area is 104 Å². The first-order chi connectivity index (χ1) is 8.29. The predicted molar refractivity (Wildman–Crippen MR) is 69.0 cm³/mol. The molecule has 0 aromatic carbocycles. The van der Waals surface area contributed by atoms with E-state index in [0.29, 0.717) is 12.0 Å². The Morgan fingerprint density at radius 3 is 2.82 bits per heavy atom. The van der Waals surface area contributed by atoms with Crippen molar-refractivity contribution in [3.05, 3.63) is 0 Å². The van der Waals surface area contributed by atoms with Gasteiger partial charge < -0.3 is 15.5 Å². The van der Waals surface area contributed by atoms with Gasteiger partial charge in [0.1, 0.15) is 0 Å². The van der Waals surface area contributed by atoms with Gasteiger partial charge in [0.25, 0.3) is 0 Å². The zero-order chi connectivity index (χ0) is 12.1. The Bertz CT molecular complexity index is 247. The molecule has 4 nitrogen and oxygen atoms in total. The van der Waals surface area contributed by atoms with E-state index in [2.05, 4.69) is 17.6 Å². The minimum Gasteiger partial charge on any atom is -0.335 e. The number of carbonyl (C=O) groups excluding carboxylic acids is 1. The number of piperidine rings is 1. The lowest BCUT2D eigenvalue weighted by Gasteiger charge is -2.30. The van der Waals surface area contributed by atoms with E-state index in [1.165, 1.54) is 12.8 Å². The molecule has 4 heteroatoms. The van der Waals surface area contributed by atoms with E-state index in [0.717, 1.165) is 45.4 Å². The summed E-state index contributed by atoms with van der Waals surface area (Å²) in [7, 11) is 0. The van der Waals surface area contributed by atoms with Gasteiger partial charge >= 0.3 is 6.03 Å². The van der Waals surface area contributed by atoms with Crippen molar-refractivity contribution >= 4 is 6.03 Å². The van der Waals surface area contributed by atoms with Crippen LogP contribution in [0.2, 0.25) is 0 Å². The van der Waals surface area contributed by atoms with Gasteiger partial charge in [0.2, 0.25) is 0 Å². The molecular formula is C13H25N3O. The van der Waals surface area contributed by atoms with Crippen molar-refractivity contribution in [3.63, 3.8) is 0 Å². The van der Waals surface area contributed by atoms with Crippen LogP contribution in [0.5, 0.6) is 0 Å². The Kier molecular flexibility index (Phi) is 4.66. The Morgan fingerprint density at radius 2 is 2.24 bits per heavy atom. The lowest BCUT2D eigenvalue weighted by molar-refractivity contribution is 0.180. The third-order valence-corrected chi connectivity index (χ3v) is 3.56. The van der Waals surface area contributed by atoms with Gasteiger partial charge in [0, 0.05) is 19.1 Å². The van der Waals surface area contributed by atoms with Crippen LogP contribution in [0.25, 0.3) is 0 Å². The minimum absolute atomic E-state index is 0.153. The van der Waals surface area contributed by atoms with Crippen LogP contribution in [0, 0.1) is 5.92 Å². The maximum Gasteiger partial charge on any atom is 0.317 e. The van der Waals surface area contributed by atoms with Crippen LogP contribution in [0.1, 0.15) is 39.0 Å². The van der Waals surface area contributed by atoms with Crippen LogP contribution in [-0.2, 0) is 0 Å². The molecule has 2 amide bonds. The number of amides is 2. The second kappa shape index (κ2) is 6.24. The molecule has 1 saturated heterocycles. The summed E-state index contributed by atoms with van der Waals surface area (Å²) < 4.78 is 0. The highest BCUT2D eigenvalue weighted by Gasteiger charge is 2.27. The number of nitrogens with zero attached hydrogens (tertiary/aromatic N) is 1. The lowest BCUT2D eigenvalue weighted by atomic mass is 9.99. The van der Waals surface area contributed by atoms with Crippen LogP contribution >= 0.6 is 0 Å². The molecule has 1 atom stereocenters. The monoisotopic (exact) mass is 239 g/mol. The predicted octanol–water partition coefficient (Wildman–Crippen LogP) is 1.57. The summed E-state index contributed by atoms with van der Waals surface area (Å²) in [6, 6.07) is 0.617. The standard InChI is InChI=1S/C13H25N3O/c1-2-8-16(13(17)15-12-5-6-12)10-11-4-3-7-14-9-11/h11-12,14H,2-10H2,1H3,(H,15,17). The first-order valence-electron chi connectivity index (χ1n) is 7.05. The van der Waals surface area contributed by atoms with Crippen molar-refractivity contribution in [2.24, 2.45) is 5.92 Å². The molecule has 2 rings (SSSR count). The molecule has 2 aliphatic rings. The lowest BCUT2D eigenvalue weighted by Crippen LogP contribution is -2.46. The topological polar surface area (TPSA) is 44.4 Å². The van der Waals surface area contributed by atoms with Crippen LogP contribution < -0.4 is 10.6 Å². The molecule has 1 heterocycles. The van der Waals surface area contributed by atoms with E-state index in [9.17, 15) is 4.79 Å². The maximum atomic E-state index is 12.1. The van der Waals surface area contributed by atoms with Gasteiger partial charge in [-0.1, -0.05) is 6.92 Å². The fourth-order valence-corrected chi connectivity index (χ4v) is 2.43. The molecule has 1 saturated carbocycles. The van der Waals surface area contributed by atoms with Crippen molar-refractivity contribution in [3.8, 4) is 0 Å². The third-order valence-electron chi connectivity index (χ3n) is 3.56. The molecule has 98 valence electrons. The highest BCUT2D eigenvalue weighted by Crippen LogP contribution is 2.19. The largest absolute Gasteiger partial charge is 0.335 e. The molecule has 0 bridgehead atoms. The fourth-order valence-electron chi connectivity index (χ4n) is 2.43. The second-order valence-electron chi connectivity index (χ2n) is 5.38. The molecule has 0 aromatic heterocycles. The first kappa shape index (κ1) is 12.7. The summed E-state index contributed by atoms with van der Waals surface area (Å²) in [6.45, 7) is 6.14. The van der Waals surface area contributed by atoms with E-state index in [1.54, 1.807) is 0 Å². The summed E-state index contributed by atoms with van der Waals surface area (Å²) in [5, 5.41) is 6.51. The molecule has 2 fully saturated rings. The van der Waals surface area contributed by atoms with E-state index < -0.39 is 0 Å². The second-order valence-corrected chi connectivity index (χ2v) is 5.38. The van der Waals surface area contributed by atoms with Gasteiger partial charge in [-0.15, -0.1) is 0 Å². The Morgan fingerprint density at radius 1 is 1.41 bits per heavy atom. The van der Waals surface area contributed by atoms with Gasteiger partial charge in [-0.2, -0.15) is 0 Å². The molecule has 1 unspecified atom stereocenters. The van der Waals surface area contributed by atoms with Gasteiger partial charge in [-0.05, 0) is 51.1 Å². The third kappa shape index (κ3) is 4.19. The number of hydrogen-bond acceptors (Lipinski definition) is 2. The zero-order valence-electron chi connectivity index (χ0n) is 10.9. The molecule has 0 spiro atoms. The average molecular weight is 239 g/mol. The summed E-state index contributed by atoms with van der Waals surface area (Å²) in [6.07, 6.45) is 5.87. The van der Waals surface area contributed by atoms with Crippen molar-refractivity contribution in [1.82, 2.24) is 15.5 Å². The molecule has 0 aromatic rings. The van der Waals surface area contributed by atoms with Crippen molar-refractivity contribution in [2.75, 3.05) is 26.2 Å². The number of nitrogens with one attached hydrogen (secondary N) is 2. The van der Waals surface area contributed by atoms with Crippen LogP contribution in [-0.4, -0.2) is 43.2 Å². The zero-order valence-corrected chi connectivity index (χ0v) is 10.9. The highest BCUT2D eigenvalue weighted by atomic mass is 16.2. The molecule has 17 heavy (non-hydrogen) atoms. The number of urea groups is 1. The van der Waals surface area contributed by atoms with E-state index in [4.69, 9.17) is 0 Å². The van der Waals surface area contributed by atoms with Crippen LogP contribution in [0.4, 0.5) is 4.79 Å². The number of carbonyl (C=O) groups is 1. The fraction of sp³-hybridized carbons (Fsp3) is 0.923. The highest BCUT2D eigenvalue weighted by molar-refractivity contribution is 5.74. The molecule has 2 N–H and O–H groups in total. The molecule has 1 aliphatic carbocycles. The summed E-state index contributed by atoms with van der Waals surface area (Å²) in [5.41, 5.74) is 0. The SMILES string of the molecule is CCCN(CC1CCCNC1)C(=O)NC1CC1. The Hall–Kier alpha value is -0.770. The summed E-state index contributed by atoms with van der Waals surface area (Å²) >= 11 is 0. The summed E-state index contributed by atoms with van der Waals surface area (Å²) in [4.78, 5) is 14.1. The van der Waals surface area contributed by atoms with Gasteiger partial charge in [-0.3, -0.25) is 0 Å². The number of hydrogen-bond donors (Lipinski definition) is 2. The van der Waals surface area contributed by atoms with Gasteiger partial charge in [0.15, 0.2) is 0 Å². The normalized spacial score (nSPS) is 24.4. The molecule has 0 radical (unpaired) electrons. The van der Waals surface area contributed by atoms with Gasteiger partial charge in [0.05, 0.1) is 0 Å². The van der Waals surface area contributed by atoms with Crippen molar-refractivity contribution in [1.29, 1.82) is 0 Å². The van der Waals surface area contributed by atoms with Gasteiger partial charge in [-0.25, -0.2) is 4.79 Å². The maximum absolute atomic E-state index is 12.1. The smallest absolute Gasteiger partial charge is 0.317 e. The number of rotatable bonds is 5.